The van der Waals surface area contributed by atoms with Gasteiger partial charge in [-0.05, 0) is 42.0 Å². The maximum absolute atomic E-state index is 5.49. The molecule has 0 unspecified atom stereocenters. The first-order chi connectivity index (χ1) is 14.2. The molecule has 0 saturated heterocycles. The lowest BCUT2D eigenvalue weighted by atomic mass is 10.2. The molecule has 0 saturated carbocycles. The lowest BCUT2D eigenvalue weighted by Gasteiger charge is -2.11. The number of fused-ring (bicyclic) bond motifs is 1. The van der Waals surface area contributed by atoms with Crippen LogP contribution in [0.2, 0.25) is 0 Å². The predicted molar refractivity (Wildman–Crippen MR) is 115 cm³/mol. The van der Waals surface area contributed by atoms with E-state index >= 15 is 0 Å². The molecule has 4 rings (SSSR count). The average Bonchev–Trinajstić information content (AvgIpc) is 2.78. The van der Waals surface area contributed by atoms with Gasteiger partial charge in [0.1, 0.15) is 23.7 Å². The molecule has 0 aliphatic rings. The molecule has 6 heteroatoms. The van der Waals surface area contributed by atoms with E-state index < -0.39 is 0 Å². The predicted octanol–water partition coefficient (Wildman–Crippen LogP) is 4.37. The van der Waals surface area contributed by atoms with E-state index in [2.05, 4.69) is 31.5 Å². The van der Waals surface area contributed by atoms with Crippen LogP contribution < -0.4 is 15.4 Å². The molecule has 2 aromatic carbocycles. The fourth-order valence-corrected chi connectivity index (χ4v) is 2.91. The van der Waals surface area contributed by atoms with Crippen molar-refractivity contribution in [3.8, 4) is 18.1 Å². The van der Waals surface area contributed by atoms with E-state index in [1.807, 2.05) is 54.6 Å². The summed E-state index contributed by atoms with van der Waals surface area (Å²) < 4.78 is 5.19. The molecule has 4 aromatic rings. The molecule has 0 radical (unpaired) electrons. The molecule has 29 heavy (non-hydrogen) atoms. The SMILES string of the molecule is C#Cc1cccc(Nc2ncnc3cnc(NCc4ccc(OC)cc4)cc23)c1. The number of rotatable bonds is 6. The highest BCUT2D eigenvalue weighted by molar-refractivity contribution is 5.91. The fourth-order valence-electron chi connectivity index (χ4n) is 2.91. The highest BCUT2D eigenvalue weighted by atomic mass is 16.5. The standard InChI is InChI=1S/C23H19N5O/c1-3-16-5-4-6-18(11-16)28-23-20-12-22(25-14-21(20)26-15-27-23)24-13-17-7-9-19(29-2)10-8-17/h1,4-12,14-15H,13H2,2H3,(H,24,25)(H,26,27,28). The maximum atomic E-state index is 5.49. The summed E-state index contributed by atoms with van der Waals surface area (Å²) in [5.41, 5.74) is 3.55. The number of pyridine rings is 1. The van der Waals surface area contributed by atoms with Crippen molar-refractivity contribution in [1.29, 1.82) is 0 Å². The zero-order chi connectivity index (χ0) is 20.1. The summed E-state index contributed by atoms with van der Waals surface area (Å²) in [6.07, 6.45) is 8.74. The average molecular weight is 381 g/mol. The number of benzene rings is 2. The van der Waals surface area contributed by atoms with Crippen LogP contribution in [-0.2, 0) is 6.54 Å². The van der Waals surface area contributed by atoms with Crippen LogP contribution in [0.3, 0.4) is 0 Å². The lowest BCUT2D eigenvalue weighted by molar-refractivity contribution is 0.414. The Kier molecular flexibility index (Phi) is 5.21. The molecule has 6 nitrogen and oxygen atoms in total. The third kappa shape index (κ3) is 4.25. The van der Waals surface area contributed by atoms with E-state index in [0.29, 0.717) is 12.4 Å². The molecule has 2 aromatic heterocycles. The van der Waals surface area contributed by atoms with Gasteiger partial charge in [-0.3, -0.25) is 0 Å². The molecule has 0 fully saturated rings. The summed E-state index contributed by atoms with van der Waals surface area (Å²) in [5, 5.41) is 7.52. The molecule has 2 heterocycles. The number of hydrogen-bond acceptors (Lipinski definition) is 6. The molecular weight excluding hydrogens is 362 g/mol. The number of aromatic nitrogens is 3. The highest BCUT2D eigenvalue weighted by Crippen LogP contribution is 2.25. The Labute approximate surface area is 169 Å². The van der Waals surface area contributed by atoms with Crippen LogP contribution in [0.5, 0.6) is 5.75 Å². The molecule has 2 N–H and O–H groups in total. The Bertz CT molecular complexity index is 1180. The lowest BCUT2D eigenvalue weighted by Crippen LogP contribution is -2.02. The highest BCUT2D eigenvalue weighted by Gasteiger charge is 2.07. The van der Waals surface area contributed by atoms with Crippen LogP contribution in [-0.4, -0.2) is 22.1 Å². The van der Waals surface area contributed by atoms with Crippen LogP contribution in [0.25, 0.3) is 10.9 Å². The maximum Gasteiger partial charge on any atom is 0.141 e. The monoisotopic (exact) mass is 381 g/mol. The smallest absolute Gasteiger partial charge is 0.141 e. The third-order valence-electron chi connectivity index (χ3n) is 4.45. The van der Waals surface area contributed by atoms with E-state index in [9.17, 15) is 0 Å². The van der Waals surface area contributed by atoms with Gasteiger partial charge in [0.25, 0.3) is 0 Å². The van der Waals surface area contributed by atoms with Crippen LogP contribution >= 0.6 is 0 Å². The van der Waals surface area contributed by atoms with Gasteiger partial charge in [-0.15, -0.1) is 6.42 Å². The zero-order valence-electron chi connectivity index (χ0n) is 15.9. The Balaban J connectivity index is 1.57. The number of terminal acetylenes is 1. The van der Waals surface area contributed by atoms with Crippen molar-refractivity contribution < 1.29 is 4.74 Å². The second-order valence-corrected chi connectivity index (χ2v) is 6.36. The molecule has 0 bridgehead atoms. The molecule has 0 atom stereocenters. The van der Waals surface area contributed by atoms with Gasteiger partial charge in [0.2, 0.25) is 0 Å². The molecule has 0 amide bonds. The Morgan fingerprint density at radius 3 is 2.69 bits per heavy atom. The molecule has 0 aliphatic heterocycles. The first-order valence-corrected chi connectivity index (χ1v) is 9.06. The minimum absolute atomic E-state index is 0.642. The third-order valence-corrected chi connectivity index (χ3v) is 4.45. The van der Waals surface area contributed by atoms with E-state index in [0.717, 1.165) is 39.3 Å². The van der Waals surface area contributed by atoms with Crippen molar-refractivity contribution in [3.05, 3.63) is 78.2 Å². The Morgan fingerprint density at radius 2 is 1.90 bits per heavy atom. The van der Waals surface area contributed by atoms with Crippen molar-refractivity contribution in [3.63, 3.8) is 0 Å². The quantitative estimate of drug-likeness (QED) is 0.483. The Morgan fingerprint density at radius 1 is 1.03 bits per heavy atom. The van der Waals surface area contributed by atoms with Crippen molar-refractivity contribution in [2.24, 2.45) is 0 Å². The van der Waals surface area contributed by atoms with Gasteiger partial charge in [0.05, 0.1) is 18.8 Å². The van der Waals surface area contributed by atoms with E-state index in [4.69, 9.17) is 11.2 Å². The second-order valence-electron chi connectivity index (χ2n) is 6.36. The van der Waals surface area contributed by atoms with Crippen molar-refractivity contribution in [1.82, 2.24) is 15.0 Å². The molecule has 0 spiro atoms. The minimum Gasteiger partial charge on any atom is -0.497 e. The summed E-state index contributed by atoms with van der Waals surface area (Å²) in [4.78, 5) is 13.2. The molecule has 0 aliphatic carbocycles. The first-order valence-electron chi connectivity index (χ1n) is 9.06. The summed E-state index contributed by atoms with van der Waals surface area (Å²) in [5.74, 6) is 4.90. The zero-order valence-corrected chi connectivity index (χ0v) is 15.9. The van der Waals surface area contributed by atoms with Crippen molar-refractivity contribution in [2.75, 3.05) is 17.7 Å². The first kappa shape index (κ1) is 18.3. The van der Waals surface area contributed by atoms with Crippen molar-refractivity contribution in [2.45, 2.75) is 6.54 Å². The normalized spacial score (nSPS) is 10.3. The fraction of sp³-hybridized carbons (Fsp3) is 0.0870. The van der Waals surface area contributed by atoms with Crippen LogP contribution in [0, 0.1) is 12.3 Å². The van der Waals surface area contributed by atoms with E-state index in [1.54, 1.807) is 13.3 Å². The second kappa shape index (κ2) is 8.28. The number of anilines is 3. The van der Waals surface area contributed by atoms with Gasteiger partial charge in [0.15, 0.2) is 0 Å². The van der Waals surface area contributed by atoms with Gasteiger partial charge in [-0.2, -0.15) is 0 Å². The number of hydrogen-bond donors (Lipinski definition) is 2. The molecular formula is C23H19N5O. The summed E-state index contributed by atoms with van der Waals surface area (Å²) in [6, 6.07) is 17.5. The van der Waals surface area contributed by atoms with Gasteiger partial charge >= 0.3 is 0 Å². The van der Waals surface area contributed by atoms with Crippen LogP contribution in [0.15, 0.2) is 67.1 Å². The number of methoxy groups -OCH3 is 1. The topological polar surface area (TPSA) is 72.0 Å². The minimum atomic E-state index is 0.642. The Hall–Kier alpha value is -4.11. The van der Waals surface area contributed by atoms with Crippen LogP contribution in [0.1, 0.15) is 11.1 Å². The van der Waals surface area contributed by atoms with Gasteiger partial charge in [-0.1, -0.05) is 24.1 Å². The van der Waals surface area contributed by atoms with Gasteiger partial charge < -0.3 is 15.4 Å². The van der Waals surface area contributed by atoms with Gasteiger partial charge in [0, 0.05) is 23.2 Å². The number of nitrogens with zero attached hydrogens (tertiary/aromatic N) is 3. The van der Waals surface area contributed by atoms with Gasteiger partial charge in [-0.25, -0.2) is 15.0 Å². The molecule has 142 valence electrons. The van der Waals surface area contributed by atoms with E-state index in [1.165, 1.54) is 6.33 Å². The summed E-state index contributed by atoms with van der Waals surface area (Å²) >= 11 is 0. The summed E-state index contributed by atoms with van der Waals surface area (Å²) in [6.45, 7) is 0.642. The van der Waals surface area contributed by atoms with Crippen LogP contribution in [0.4, 0.5) is 17.3 Å². The number of nitrogens with one attached hydrogen (secondary N) is 2. The summed E-state index contributed by atoms with van der Waals surface area (Å²) in [7, 11) is 1.66. The number of ether oxygens (including phenoxy) is 1. The van der Waals surface area contributed by atoms with E-state index in [-0.39, 0.29) is 0 Å². The largest absolute Gasteiger partial charge is 0.497 e. The van der Waals surface area contributed by atoms with Crippen molar-refractivity contribution >= 4 is 28.2 Å².